The zero-order chi connectivity index (χ0) is 14.0. The van der Waals surface area contributed by atoms with Gasteiger partial charge < -0.3 is 4.74 Å². The van der Waals surface area contributed by atoms with E-state index in [-0.39, 0.29) is 0 Å². The Kier molecular flexibility index (Phi) is 4.04. The van der Waals surface area contributed by atoms with Crippen molar-refractivity contribution in [3.05, 3.63) is 51.3 Å². The zero-order valence-electron chi connectivity index (χ0n) is 11.1. The number of aryl methyl sites for hydroxylation is 2. The fraction of sp³-hybridized carbons (Fsp3) is 0.286. The lowest BCUT2D eigenvalue weighted by molar-refractivity contribution is 0.0593. The Morgan fingerprint density at radius 2 is 2.00 bits per heavy atom. The molecule has 0 bridgehead atoms. The molecule has 0 saturated heterocycles. The number of aromatic nitrogens is 2. The van der Waals surface area contributed by atoms with Crippen LogP contribution in [0.5, 0.6) is 0 Å². The number of carbonyl (C=O) groups excluding carboxylic acids is 1. The maximum atomic E-state index is 11.4. The van der Waals surface area contributed by atoms with E-state index in [9.17, 15) is 4.79 Å². The first-order chi connectivity index (χ1) is 9.02. The summed E-state index contributed by atoms with van der Waals surface area (Å²) < 4.78 is 7.18. The average molecular weight is 323 g/mol. The van der Waals surface area contributed by atoms with Crippen molar-refractivity contribution in [3.8, 4) is 0 Å². The average Bonchev–Trinajstić information content (AvgIpc) is 2.74. The second-order valence-corrected chi connectivity index (χ2v) is 5.18. The van der Waals surface area contributed by atoms with Crippen LogP contribution in [0.15, 0.2) is 28.9 Å². The van der Waals surface area contributed by atoms with E-state index in [1.807, 2.05) is 6.07 Å². The van der Waals surface area contributed by atoms with E-state index in [2.05, 4.69) is 51.7 Å². The largest absolute Gasteiger partial charge is 0.464 e. The second-order valence-electron chi connectivity index (χ2n) is 4.37. The highest BCUT2D eigenvalue weighted by atomic mass is 79.9. The Balaban J connectivity index is 2.34. The Hall–Kier alpha value is -1.62. The number of methoxy groups -OCH3 is 1. The van der Waals surface area contributed by atoms with Crippen LogP contribution in [0.2, 0.25) is 0 Å². The summed E-state index contributed by atoms with van der Waals surface area (Å²) in [5.41, 5.74) is 3.94. The van der Waals surface area contributed by atoms with Gasteiger partial charge in [-0.25, -0.2) is 4.79 Å². The van der Waals surface area contributed by atoms with Crippen LogP contribution < -0.4 is 0 Å². The van der Waals surface area contributed by atoms with Crippen LogP contribution in [0.1, 0.15) is 27.2 Å². The number of halogens is 1. The Bertz CT molecular complexity index is 600. The van der Waals surface area contributed by atoms with Gasteiger partial charge in [-0.3, -0.25) is 4.68 Å². The Morgan fingerprint density at radius 1 is 1.37 bits per heavy atom. The van der Waals surface area contributed by atoms with Gasteiger partial charge in [-0.2, -0.15) is 5.10 Å². The number of ether oxygens (including phenoxy) is 1. The molecule has 1 heterocycles. The molecular weight excluding hydrogens is 308 g/mol. The molecule has 0 aliphatic carbocycles. The van der Waals surface area contributed by atoms with Crippen molar-refractivity contribution in [1.29, 1.82) is 0 Å². The summed E-state index contributed by atoms with van der Waals surface area (Å²) in [4.78, 5) is 11.4. The third kappa shape index (κ3) is 2.87. The van der Waals surface area contributed by atoms with E-state index in [0.29, 0.717) is 12.2 Å². The molecule has 100 valence electrons. The summed E-state index contributed by atoms with van der Waals surface area (Å²) in [6.45, 7) is 4.76. The molecule has 0 fully saturated rings. The van der Waals surface area contributed by atoms with E-state index >= 15 is 0 Å². The van der Waals surface area contributed by atoms with E-state index in [0.717, 1.165) is 4.60 Å². The monoisotopic (exact) mass is 322 g/mol. The van der Waals surface area contributed by atoms with Gasteiger partial charge in [-0.05, 0) is 46.5 Å². The Morgan fingerprint density at radius 3 is 2.58 bits per heavy atom. The predicted molar refractivity (Wildman–Crippen MR) is 76.3 cm³/mol. The van der Waals surface area contributed by atoms with Crippen molar-refractivity contribution in [3.63, 3.8) is 0 Å². The van der Waals surface area contributed by atoms with Crippen LogP contribution in [0.25, 0.3) is 0 Å². The van der Waals surface area contributed by atoms with Crippen LogP contribution in [0.3, 0.4) is 0 Å². The van der Waals surface area contributed by atoms with E-state index in [1.54, 1.807) is 10.7 Å². The number of esters is 1. The normalized spacial score (nSPS) is 10.5. The molecular formula is C14H15BrN2O2. The highest BCUT2D eigenvalue weighted by molar-refractivity contribution is 9.10. The van der Waals surface area contributed by atoms with Crippen LogP contribution in [-0.4, -0.2) is 22.9 Å². The fourth-order valence-corrected chi connectivity index (χ4v) is 2.38. The molecule has 0 atom stereocenters. The van der Waals surface area contributed by atoms with Crippen molar-refractivity contribution >= 4 is 21.9 Å². The molecule has 0 N–H and O–H groups in total. The first-order valence-corrected chi connectivity index (χ1v) is 6.69. The van der Waals surface area contributed by atoms with Crippen LogP contribution in [-0.2, 0) is 11.3 Å². The highest BCUT2D eigenvalue weighted by Gasteiger charge is 2.14. The molecule has 2 aromatic rings. The second kappa shape index (κ2) is 5.57. The van der Waals surface area contributed by atoms with Crippen molar-refractivity contribution < 1.29 is 9.53 Å². The molecule has 4 nitrogen and oxygen atoms in total. The molecule has 0 unspecified atom stereocenters. The maximum absolute atomic E-state index is 11.4. The molecule has 5 heteroatoms. The molecule has 19 heavy (non-hydrogen) atoms. The fourth-order valence-electron chi connectivity index (χ4n) is 1.96. The molecule has 0 aliphatic heterocycles. The lowest BCUT2D eigenvalue weighted by Gasteiger charge is -2.10. The summed E-state index contributed by atoms with van der Waals surface area (Å²) in [5.74, 6) is -0.430. The quantitative estimate of drug-likeness (QED) is 0.815. The molecule has 0 aliphatic rings. The summed E-state index contributed by atoms with van der Waals surface area (Å²) in [6.07, 6.45) is 0. The van der Waals surface area contributed by atoms with Crippen molar-refractivity contribution in [2.75, 3.05) is 7.11 Å². The van der Waals surface area contributed by atoms with Gasteiger partial charge in [0, 0.05) is 6.07 Å². The molecule has 1 aromatic heterocycles. The molecule has 0 amide bonds. The Labute approximate surface area is 120 Å². The minimum Gasteiger partial charge on any atom is -0.464 e. The smallest absolute Gasteiger partial charge is 0.358 e. The molecule has 0 radical (unpaired) electrons. The first kappa shape index (κ1) is 13.8. The van der Waals surface area contributed by atoms with Crippen molar-refractivity contribution in [2.24, 2.45) is 0 Å². The molecule has 2 rings (SSSR count). The summed E-state index contributed by atoms with van der Waals surface area (Å²) in [6, 6.07) is 7.84. The number of rotatable bonds is 3. The van der Waals surface area contributed by atoms with E-state index in [4.69, 9.17) is 0 Å². The van der Waals surface area contributed by atoms with Gasteiger partial charge in [0.2, 0.25) is 0 Å². The third-order valence-corrected chi connectivity index (χ3v) is 3.72. The van der Waals surface area contributed by atoms with Crippen LogP contribution in [0.4, 0.5) is 0 Å². The topological polar surface area (TPSA) is 44.1 Å². The number of nitrogens with zero attached hydrogens (tertiary/aromatic N) is 2. The van der Waals surface area contributed by atoms with Crippen molar-refractivity contribution in [1.82, 2.24) is 9.78 Å². The SMILES string of the molecule is COC(=O)c1cc(Br)n(Cc2c(C)cccc2C)n1. The lowest BCUT2D eigenvalue weighted by Crippen LogP contribution is -2.08. The highest BCUT2D eigenvalue weighted by Crippen LogP contribution is 2.19. The van der Waals surface area contributed by atoms with Crippen molar-refractivity contribution in [2.45, 2.75) is 20.4 Å². The predicted octanol–water partition coefficient (Wildman–Crippen LogP) is 3.10. The third-order valence-electron chi connectivity index (χ3n) is 3.08. The van der Waals surface area contributed by atoms with Gasteiger partial charge in [0.25, 0.3) is 0 Å². The minimum atomic E-state index is -0.430. The van der Waals surface area contributed by atoms with Gasteiger partial charge in [-0.15, -0.1) is 0 Å². The summed E-state index contributed by atoms with van der Waals surface area (Å²) in [7, 11) is 1.35. The van der Waals surface area contributed by atoms with Gasteiger partial charge >= 0.3 is 5.97 Å². The van der Waals surface area contributed by atoms with Crippen LogP contribution in [0, 0.1) is 13.8 Å². The molecule has 0 spiro atoms. The van der Waals surface area contributed by atoms with E-state index < -0.39 is 5.97 Å². The van der Waals surface area contributed by atoms with Gasteiger partial charge in [-0.1, -0.05) is 18.2 Å². The van der Waals surface area contributed by atoms with Crippen LogP contribution >= 0.6 is 15.9 Å². The number of hydrogen-bond donors (Lipinski definition) is 0. The molecule has 1 aromatic carbocycles. The number of carbonyl (C=O) groups is 1. The molecule has 0 saturated carbocycles. The van der Waals surface area contributed by atoms with Gasteiger partial charge in [0.05, 0.1) is 13.7 Å². The van der Waals surface area contributed by atoms with Gasteiger partial charge in [0.1, 0.15) is 4.60 Å². The first-order valence-electron chi connectivity index (χ1n) is 5.89. The van der Waals surface area contributed by atoms with E-state index in [1.165, 1.54) is 23.8 Å². The number of hydrogen-bond acceptors (Lipinski definition) is 3. The number of benzene rings is 1. The maximum Gasteiger partial charge on any atom is 0.358 e. The standard InChI is InChI=1S/C14H15BrN2O2/c1-9-5-4-6-10(2)11(9)8-17-13(15)7-12(16-17)14(18)19-3/h4-7H,8H2,1-3H3. The summed E-state index contributed by atoms with van der Waals surface area (Å²) in [5, 5.41) is 4.25. The zero-order valence-corrected chi connectivity index (χ0v) is 12.7. The lowest BCUT2D eigenvalue weighted by atomic mass is 10.0. The minimum absolute atomic E-state index is 0.306. The van der Waals surface area contributed by atoms with Gasteiger partial charge in [0.15, 0.2) is 5.69 Å². The summed E-state index contributed by atoms with van der Waals surface area (Å²) >= 11 is 3.41.